The lowest BCUT2D eigenvalue weighted by molar-refractivity contribution is 0.590. The molecule has 0 amide bonds. The van der Waals surface area contributed by atoms with Gasteiger partial charge in [-0.25, -0.2) is 0 Å². The van der Waals surface area contributed by atoms with Gasteiger partial charge < -0.3 is 18.9 Å². The van der Waals surface area contributed by atoms with Crippen LogP contribution in [0.15, 0.2) is 364 Å². The van der Waals surface area contributed by atoms with E-state index in [1.165, 1.54) is 97.0 Å². The molecule has 3 aliphatic heterocycles. The van der Waals surface area contributed by atoms with E-state index in [0.29, 0.717) is 0 Å². The van der Waals surface area contributed by atoms with Crippen LogP contribution in [0.2, 0.25) is 0 Å². The summed E-state index contributed by atoms with van der Waals surface area (Å²) in [6.07, 6.45) is 0. The molecule has 23 rings (SSSR count). The second-order valence-electron chi connectivity index (χ2n) is 36.4. The van der Waals surface area contributed by atoms with Gasteiger partial charge in [-0.3, -0.25) is 0 Å². The molecule has 0 radical (unpaired) electrons. The molecule has 13 bridgehead atoms. The third-order valence-electron chi connectivity index (χ3n) is 26.0. The number of hydrogen-bond acceptors (Lipinski definition) is 3. The van der Waals surface area contributed by atoms with Crippen molar-refractivity contribution in [2.75, 3.05) is 9.80 Å². The van der Waals surface area contributed by atoms with E-state index in [2.05, 4.69) is 445 Å². The summed E-state index contributed by atoms with van der Waals surface area (Å²) >= 11 is 1.88. The highest BCUT2D eigenvalue weighted by Gasteiger charge is 2.47. The quantitative estimate of drug-likeness (QED) is 0.154. The second kappa shape index (κ2) is 26.9. The summed E-state index contributed by atoms with van der Waals surface area (Å²) < 4.78 is 7.59. The SMILES string of the molecule is CC(C)(C)c1cc(-c2cccc(-c3ccccc3)c2)c2c(c1)-c1cccc(c1)-c1ccc3sc4ccc(cc4c3c1)-c1cccc(c1)-c1cc(C(C)(C)C)cc(-c3cccc(-c4ccccc4)c3)c1N1c3cc(-n4c5ccccc5c5ccccc54)ccc3B3c4ccc(-n5c6ccccc6c6ccccc65)cc4N2c2cc(C(C)(C)C)cc1c23. The van der Waals surface area contributed by atoms with Crippen molar-refractivity contribution in [3.05, 3.63) is 381 Å². The van der Waals surface area contributed by atoms with Crippen molar-refractivity contribution in [1.82, 2.24) is 9.13 Å². The number of aromatic nitrogens is 2. The molecule has 3 aromatic heterocycles. The number of benzene rings is 17. The highest BCUT2D eigenvalue weighted by atomic mass is 32.1. The maximum Gasteiger partial charge on any atom is 0.252 e. The van der Waals surface area contributed by atoms with Crippen LogP contribution in [0.4, 0.5) is 34.1 Å². The van der Waals surface area contributed by atoms with Gasteiger partial charge in [-0.1, -0.05) is 293 Å². The van der Waals surface area contributed by atoms with Crippen LogP contribution in [0.3, 0.4) is 0 Å². The number of thiophene rings is 1. The molecule has 0 aliphatic carbocycles. The molecule has 20 aromatic rings. The Morgan fingerprint density at radius 2 is 0.517 bits per heavy atom. The lowest BCUT2D eigenvalue weighted by Gasteiger charge is -2.47. The third kappa shape index (κ3) is 11.4. The van der Waals surface area contributed by atoms with Crippen LogP contribution in [0, 0.1) is 0 Å². The van der Waals surface area contributed by atoms with Crippen LogP contribution in [0.1, 0.15) is 79.0 Å². The molecule has 0 unspecified atom stereocenters. The Balaban J connectivity index is 0.935. The van der Waals surface area contributed by atoms with E-state index in [9.17, 15) is 0 Å². The molecule has 120 heavy (non-hydrogen) atoms. The molecule has 6 heteroatoms. The minimum absolute atomic E-state index is 0.288. The molecule has 3 aliphatic rings. The summed E-state index contributed by atoms with van der Waals surface area (Å²) in [5, 5.41) is 7.40. The van der Waals surface area contributed by atoms with E-state index >= 15 is 0 Å². The largest absolute Gasteiger partial charge is 0.310 e. The number of nitrogens with zero attached hydrogens (tertiary/aromatic N) is 4. The van der Waals surface area contributed by atoms with Crippen LogP contribution in [0.25, 0.3) is 164 Å². The van der Waals surface area contributed by atoms with E-state index < -0.39 is 5.41 Å². The fourth-order valence-corrected chi connectivity index (χ4v) is 21.0. The molecule has 0 fully saturated rings. The molecule has 0 spiro atoms. The van der Waals surface area contributed by atoms with Gasteiger partial charge in [0.2, 0.25) is 0 Å². The maximum atomic E-state index is 2.78. The van der Waals surface area contributed by atoms with Crippen LogP contribution >= 0.6 is 11.3 Å². The molecule has 4 nitrogen and oxygen atoms in total. The molecule has 0 N–H and O–H groups in total. The van der Waals surface area contributed by atoms with E-state index in [-0.39, 0.29) is 17.5 Å². The summed E-state index contributed by atoms with van der Waals surface area (Å²) in [7, 11) is 0. The Morgan fingerprint density at radius 3 is 0.858 bits per heavy atom. The van der Waals surface area contributed by atoms with Gasteiger partial charge in [0.1, 0.15) is 0 Å². The molecular weight excluding hydrogens is 1470 g/mol. The van der Waals surface area contributed by atoms with E-state index in [1.807, 2.05) is 11.3 Å². The van der Waals surface area contributed by atoms with Gasteiger partial charge in [-0.05, 0) is 250 Å². The minimum Gasteiger partial charge on any atom is -0.310 e. The Bertz CT molecular complexity index is 7130. The zero-order valence-corrected chi connectivity index (χ0v) is 69.7. The van der Waals surface area contributed by atoms with E-state index in [4.69, 9.17) is 0 Å². The van der Waals surface area contributed by atoms with Gasteiger partial charge in [-0.15, -0.1) is 11.3 Å². The van der Waals surface area contributed by atoms with Crippen molar-refractivity contribution in [3.63, 3.8) is 0 Å². The second-order valence-corrected chi connectivity index (χ2v) is 37.5. The zero-order chi connectivity index (χ0) is 80.8. The summed E-state index contributed by atoms with van der Waals surface area (Å²) in [5.41, 5.74) is 38.4. The molecule has 6 heterocycles. The molecule has 572 valence electrons. The van der Waals surface area contributed by atoms with E-state index in [0.717, 1.165) is 134 Å². The normalized spacial score (nSPS) is 13.0. The Kier molecular flexibility index (Phi) is 16.0. The predicted octanol–water partition coefficient (Wildman–Crippen LogP) is 29.9. The average molecular weight is 1560 g/mol. The fraction of sp³-hybridized carbons (Fsp3) is 0.105. The van der Waals surface area contributed by atoms with Gasteiger partial charge in [0.25, 0.3) is 6.71 Å². The summed E-state index contributed by atoms with van der Waals surface area (Å²) in [4.78, 5) is 5.57. The number of anilines is 6. The molecular formula is C114H87BN4S. The number of para-hydroxylation sites is 4. The lowest BCUT2D eigenvalue weighted by Crippen LogP contribution is -2.61. The van der Waals surface area contributed by atoms with Gasteiger partial charge in [-0.2, -0.15) is 0 Å². The number of hydrogen-bond donors (Lipinski definition) is 0. The highest BCUT2D eigenvalue weighted by Crippen LogP contribution is 2.57. The average Bonchev–Trinajstić information content (AvgIpc) is 0.869. The standard InChI is InChI=1S/C114H87BN4S/c1-112(2,3)82-62-91(78-36-24-32-72(56-78)70-28-12-10-13-29-70)110-93(64-82)80-38-26-34-74(58-80)76-48-54-107-95(60-76)96-61-77(49-55-108(96)120-107)75-35-27-39-81(59-75)94-65-83(113(4,5)6)63-92(79-37-25-33-73(57-79)71-30-14-11-15-31-71)111(94)119-104-69-86(117-101-46-22-18-42-89(101)90-43-19-23-47-102(90)117)51-53-98(104)115-97-52-50-85(116-99-44-20-16-40-87(99)88-41-17-21-45-100(88)116)68-103(97)118(110)105-66-84(114(7,8)9)67-106(119)109(105)115/h10-69H,1-9H3. The molecule has 0 saturated heterocycles. The van der Waals surface area contributed by atoms with Gasteiger partial charge in [0, 0.05) is 98.1 Å². The minimum atomic E-state index is -0.398. The topological polar surface area (TPSA) is 16.3 Å². The highest BCUT2D eigenvalue weighted by molar-refractivity contribution is 7.25. The first-order chi connectivity index (χ1) is 58.4. The van der Waals surface area contributed by atoms with E-state index in [1.54, 1.807) is 0 Å². The Morgan fingerprint density at radius 1 is 0.225 bits per heavy atom. The van der Waals surface area contributed by atoms with Crippen molar-refractivity contribution in [3.8, 4) is 100 Å². The van der Waals surface area contributed by atoms with Crippen molar-refractivity contribution in [2.45, 2.75) is 78.6 Å². The van der Waals surface area contributed by atoms with Crippen LogP contribution in [-0.4, -0.2) is 15.8 Å². The smallest absolute Gasteiger partial charge is 0.252 e. The summed E-state index contributed by atoms with van der Waals surface area (Å²) in [5.74, 6) is 0. The van der Waals surface area contributed by atoms with Crippen molar-refractivity contribution in [2.24, 2.45) is 0 Å². The maximum absolute atomic E-state index is 2.78. The lowest BCUT2D eigenvalue weighted by atomic mass is 9.33. The fourth-order valence-electron chi connectivity index (χ4n) is 19.9. The van der Waals surface area contributed by atoms with Crippen LogP contribution in [-0.2, 0) is 16.2 Å². The van der Waals surface area contributed by atoms with Crippen LogP contribution in [0.5, 0.6) is 0 Å². The Labute approximate surface area is 705 Å². The Hall–Kier alpha value is -13.8. The summed E-state index contributed by atoms with van der Waals surface area (Å²) in [6, 6.07) is 141. The number of rotatable bonds is 6. The monoisotopic (exact) mass is 1550 g/mol. The molecule has 0 atom stereocenters. The van der Waals surface area contributed by atoms with Crippen LogP contribution < -0.4 is 26.2 Å². The van der Waals surface area contributed by atoms with Crippen molar-refractivity contribution in [1.29, 1.82) is 0 Å². The third-order valence-corrected chi connectivity index (χ3v) is 27.2. The van der Waals surface area contributed by atoms with Gasteiger partial charge in [0.15, 0.2) is 0 Å². The first-order valence-corrected chi connectivity index (χ1v) is 43.1. The molecule has 0 saturated carbocycles. The van der Waals surface area contributed by atoms with Gasteiger partial charge >= 0.3 is 0 Å². The van der Waals surface area contributed by atoms with Crippen molar-refractivity contribution >= 4 is 132 Å². The first kappa shape index (κ1) is 71.5. The number of fused-ring (bicyclic) bond motifs is 26. The molecule has 17 aromatic carbocycles. The first-order valence-electron chi connectivity index (χ1n) is 42.3. The predicted molar refractivity (Wildman–Crippen MR) is 515 cm³/mol. The van der Waals surface area contributed by atoms with Gasteiger partial charge in [0.05, 0.1) is 33.4 Å². The summed E-state index contributed by atoms with van der Waals surface area (Å²) in [6.45, 7) is 21.3. The zero-order valence-electron chi connectivity index (χ0n) is 68.9. The van der Waals surface area contributed by atoms with Crippen molar-refractivity contribution < 1.29 is 0 Å².